The monoisotopic (exact) mass is 466 g/mol. The van der Waals surface area contributed by atoms with Gasteiger partial charge in [-0.1, -0.05) is 0 Å². The number of benzene rings is 2. The lowest BCUT2D eigenvalue weighted by Gasteiger charge is -2.32. The van der Waals surface area contributed by atoms with Gasteiger partial charge in [-0.3, -0.25) is 14.4 Å². The highest BCUT2D eigenvalue weighted by Crippen LogP contribution is 2.30. The summed E-state index contributed by atoms with van der Waals surface area (Å²) in [6.45, 7) is 11.5. The number of nitrogens with zero attached hydrogens (tertiary/aromatic N) is 2. The summed E-state index contributed by atoms with van der Waals surface area (Å²) in [7, 11) is 0. The molecule has 2 aromatic carbocycles. The van der Waals surface area contributed by atoms with Crippen LogP contribution in [0, 0.1) is 0 Å². The molecule has 0 bridgehead atoms. The standard InChI is InChI=1S/C26H30N2O6/c1-7-33-20-11-9-19(10-12-20)28-24(30)21-13-8-18(14-22(21)25(28)31)26(32)34-17(6)23(29)27(15(2)3)16(4)5/h8-17H,7H2,1-6H3. The second-order valence-corrected chi connectivity index (χ2v) is 8.61. The molecule has 0 aromatic heterocycles. The molecule has 0 aliphatic carbocycles. The van der Waals surface area contributed by atoms with E-state index in [1.165, 1.54) is 25.1 Å². The third-order valence-corrected chi connectivity index (χ3v) is 5.53. The van der Waals surface area contributed by atoms with Gasteiger partial charge < -0.3 is 14.4 Å². The molecule has 3 amide bonds. The predicted octanol–water partition coefficient (Wildman–Crippen LogP) is 4.08. The number of imide groups is 1. The molecule has 1 aliphatic rings. The van der Waals surface area contributed by atoms with E-state index in [4.69, 9.17) is 9.47 Å². The van der Waals surface area contributed by atoms with Gasteiger partial charge in [-0.15, -0.1) is 0 Å². The molecule has 0 fully saturated rings. The van der Waals surface area contributed by atoms with E-state index in [1.54, 1.807) is 29.2 Å². The van der Waals surface area contributed by atoms with E-state index in [0.717, 1.165) is 4.90 Å². The Hall–Kier alpha value is -3.68. The zero-order chi connectivity index (χ0) is 25.2. The van der Waals surface area contributed by atoms with Crippen LogP contribution in [0.1, 0.15) is 72.6 Å². The van der Waals surface area contributed by atoms with Crippen LogP contribution in [0.15, 0.2) is 42.5 Å². The number of carbonyl (C=O) groups excluding carboxylic acids is 4. The predicted molar refractivity (Wildman–Crippen MR) is 127 cm³/mol. The number of hydrogen-bond acceptors (Lipinski definition) is 6. The fourth-order valence-corrected chi connectivity index (χ4v) is 4.05. The summed E-state index contributed by atoms with van der Waals surface area (Å²) in [5.74, 6) is -1.42. The van der Waals surface area contributed by atoms with Gasteiger partial charge in [0.25, 0.3) is 17.7 Å². The molecule has 0 N–H and O–H groups in total. The van der Waals surface area contributed by atoms with Crippen molar-refractivity contribution in [3.8, 4) is 5.75 Å². The summed E-state index contributed by atoms with van der Waals surface area (Å²) >= 11 is 0. The molecule has 0 spiro atoms. The highest BCUT2D eigenvalue weighted by atomic mass is 16.5. The van der Waals surface area contributed by atoms with E-state index in [2.05, 4.69) is 0 Å². The number of esters is 1. The summed E-state index contributed by atoms with van der Waals surface area (Å²) in [5, 5.41) is 0. The smallest absolute Gasteiger partial charge is 0.338 e. The third-order valence-electron chi connectivity index (χ3n) is 5.53. The average Bonchev–Trinajstić information content (AvgIpc) is 3.03. The van der Waals surface area contributed by atoms with Crippen molar-refractivity contribution in [1.82, 2.24) is 4.90 Å². The van der Waals surface area contributed by atoms with Crippen LogP contribution >= 0.6 is 0 Å². The lowest BCUT2D eigenvalue weighted by Crippen LogP contribution is -2.47. The second kappa shape index (κ2) is 10.1. The first-order chi connectivity index (χ1) is 16.1. The minimum absolute atomic E-state index is 0.0501. The molecule has 0 saturated carbocycles. The fourth-order valence-electron chi connectivity index (χ4n) is 4.05. The van der Waals surface area contributed by atoms with E-state index in [1.807, 2.05) is 34.6 Å². The zero-order valence-corrected chi connectivity index (χ0v) is 20.3. The summed E-state index contributed by atoms with van der Waals surface area (Å²) in [4.78, 5) is 54.1. The molecule has 0 saturated heterocycles. The van der Waals surface area contributed by atoms with Crippen molar-refractivity contribution < 1.29 is 28.7 Å². The normalized spacial score (nSPS) is 13.8. The molecular weight excluding hydrogens is 436 g/mol. The van der Waals surface area contributed by atoms with Crippen LogP contribution in [-0.2, 0) is 9.53 Å². The summed E-state index contributed by atoms with van der Waals surface area (Å²) in [6.07, 6.45) is -0.997. The largest absolute Gasteiger partial charge is 0.494 e. The lowest BCUT2D eigenvalue weighted by atomic mass is 10.1. The van der Waals surface area contributed by atoms with Crippen LogP contribution in [0.3, 0.4) is 0 Å². The first-order valence-corrected chi connectivity index (χ1v) is 11.4. The number of hydrogen-bond donors (Lipinski definition) is 0. The Bertz CT molecular complexity index is 1100. The fraction of sp³-hybridized carbons (Fsp3) is 0.385. The lowest BCUT2D eigenvalue weighted by molar-refractivity contribution is -0.143. The number of amides is 3. The Morgan fingerprint density at radius 3 is 2.03 bits per heavy atom. The van der Waals surface area contributed by atoms with Crippen molar-refractivity contribution in [2.45, 2.75) is 59.7 Å². The molecule has 0 radical (unpaired) electrons. The van der Waals surface area contributed by atoms with Gasteiger partial charge in [-0.25, -0.2) is 9.69 Å². The Kier molecular flexibility index (Phi) is 7.39. The quantitative estimate of drug-likeness (QED) is 0.430. The molecule has 3 rings (SSSR count). The third kappa shape index (κ3) is 4.81. The van der Waals surface area contributed by atoms with Gasteiger partial charge in [-0.05, 0) is 84.0 Å². The number of rotatable bonds is 8. The van der Waals surface area contributed by atoms with Crippen LogP contribution in [0.25, 0.3) is 0 Å². The van der Waals surface area contributed by atoms with Gasteiger partial charge in [0.2, 0.25) is 0 Å². The Balaban J connectivity index is 1.79. The summed E-state index contributed by atoms with van der Waals surface area (Å²) in [6, 6.07) is 10.7. The van der Waals surface area contributed by atoms with E-state index >= 15 is 0 Å². The molecule has 8 heteroatoms. The SMILES string of the molecule is CCOc1ccc(N2C(=O)c3ccc(C(=O)OC(C)C(=O)N(C(C)C)C(C)C)cc3C2=O)cc1. The van der Waals surface area contributed by atoms with Crippen LogP contribution in [0.2, 0.25) is 0 Å². The van der Waals surface area contributed by atoms with Crippen LogP contribution in [-0.4, -0.2) is 53.4 Å². The molecular formula is C26H30N2O6. The van der Waals surface area contributed by atoms with Crippen molar-refractivity contribution in [3.63, 3.8) is 0 Å². The maximum absolute atomic E-state index is 13.0. The van der Waals surface area contributed by atoms with Crippen molar-refractivity contribution in [1.29, 1.82) is 0 Å². The average molecular weight is 467 g/mol. The first-order valence-electron chi connectivity index (χ1n) is 11.4. The van der Waals surface area contributed by atoms with Crippen LogP contribution < -0.4 is 9.64 Å². The summed E-state index contributed by atoms with van der Waals surface area (Å²) < 4.78 is 10.8. The second-order valence-electron chi connectivity index (χ2n) is 8.61. The van der Waals surface area contributed by atoms with Crippen molar-refractivity contribution in [2.75, 3.05) is 11.5 Å². The van der Waals surface area contributed by atoms with Gasteiger partial charge >= 0.3 is 5.97 Å². The minimum Gasteiger partial charge on any atom is -0.494 e. The van der Waals surface area contributed by atoms with E-state index in [-0.39, 0.29) is 34.7 Å². The maximum atomic E-state index is 13.0. The number of anilines is 1. The Labute approximate surface area is 199 Å². The van der Waals surface area contributed by atoms with Crippen LogP contribution in [0.4, 0.5) is 5.69 Å². The molecule has 2 aromatic rings. The van der Waals surface area contributed by atoms with Crippen LogP contribution in [0.5, 0.6) is 5.75 Å². The molecule has 8 nitrogen and oxygen atoms in total. The summed E-state index contributed by atoms with van der Waals surface area (Å²) in [5.41, 5.74) is 0.804. The molecule has 1 unspecified atom stereocenters. The van der Waals surface area contributed by atoms with Gasteiger partial charge in [0, 0.05) is 12.1 Å². The van der Waals surface area contributed by atoms with E-state index in [0.29, 0.717) is 18.0 Å². The van der Waals surface area contributed by atoms with Crippen molar-refractivity contribution >= 4 is 29.4 Å². The van der Waals surface area contributed by atoms with Gasteiger partial charge in [0.05, 0.1) is 29.0 Å². The highest BCUT2D eigenvalue weighted by Gasteiger charge is 2.37. The molecule has 34 heavy (non-hydrogen) atoms. The maximum Gasteiger partial charge on any atom is 0.338 e. The Morgan fingerprint density at radius 2 is 1.47 bits per heavy atom. The zero-order valence-electron chi connectivity index (χ0n) is 20.3. The number of ether oxygens (including phenoxy) is 2. The molecule has 1 aliphatic heterocycles. The topological polar surface area (TPSA) is 93.2 Å². The van der Waals surface area contributed by atoms with Gasteiger partial charge in [0.1, 0.15) is 5.75 Å². The van der Waals surface area contributed by atoms with Gasteiger partial charge in [0.15, 0.2) is 6.10 Å². The Morgan fingerprint density at radius 1 is 0.882 bits per heavy atom. The van der Waals surface area contributed by atoms with Crippen molar-refractivity contribution in [3.05, 3.63) is 59.2 Å². The molecule has 1 heterocycles. The first kappa shape index (κ1) is 25.0. The van der Waals surface area contributed by atoms with E-state index < -0.39 is 23.9 Å². The molecule has 1 atom stereocenters. The van der Waals surface area contributed by atoms with Crippen molar-refractivity contribution in [2.24, 2.45) is 0 Å². The number of carbonyl (C=O) groups is 4. The van der Waals surface area contributed by atoms with Gasteiger partial charge in [-0.2, -0.15) is 0 Å². The molecule has 180 valence electrons. The number of fused-ring (bicyclic) bond motifs is 1. The highest BCUT2D eigenvalue weighted by molar-refractivity contribution is 6.34. The minimum atomic E-state index is -0.997. The van der Waals surface area contributed by atoms with E-state index in [9.17, 15) is 19.2 Å².